The molecule has 22 heavy (non-hydrogen) atoms. The Bertz CT molecular complexity index is 699. The van der Waals surface area contributed by atoms with E-state index in [1.807, 2.05) is 17.0 Å². The molecule has 5 heteroatoms. The van der Waals surface area contributed by atoms with Gasteiger partial charge in [-0.2, -0.15) is 4.37 Å². The number of benzene rings is 1. The van der Waals surface area contributed by atoms with Gasteiger partial charge in [-0.25, -0.2) is 0 Å². The average molecular weight is 315 g/mol. The normalized spacial score (nSPS) is 21.2. The molecule has 1 amide bonds. The highest BCUT2D eigenvalue weighted by atomic mass is 32.1. The van der Waals surface area contributed by atoms with Gasteiger partial charge in [0.2, 0.25) is 5.91 Å². The SMILES string of the molecule is NC1(C2CCN(C(=O)Cc3nsc4ccccc34)CC2)CC1. The van der Waals surface area contributed by atoms with Gasteiger partial charge in [0.05, 0.1) is 16.8 Å². The van der Waals surface area contributed by atoms with Crippen molar-refractivity contribution in [2.75, 3.05) is 13.1 Å². The van der Waals surface area contributed by atoms with Gasteiger partial charge in [0.15, 0.2) is 0 Å². The molecule has 0 atom stereocenters. The van der Waals surface area contributed by atoms with Crippen LogP contribution in [0.1, 0.15) is 31.4 Å². The van der Waals surface area contributed by atoms with Crippen LogP contribution >= 0.6 is 11.5 Å². The summed E-state index contributed by atoms with van der Waals surface area (Å²) in [6.45, 7) is 1.70. The van der Waals surface area contributed by atoms with Crippen molar-refractivity contribution in [3.05, 3.63) is 30.0 Å². The van der Waals surface area contributed by atoms with Crippen molar-refractivity contribution in [2.45, 2.75) is 37.6 Å². The number of hydrogen-bond acceptors (Lipinski definition) is 4. The van der Waals surface area contributed by atoms with Crippen LogP contribution in [0.3, 0.4) is 0 Å². The number of piperidine rings is 1. The summed E-state index contributed by atoms with van der Waals surface area (Å²) in [7, 11) is 0. The minimum absolute atomic E-state index is 0.0975. The molecule has 1 aromatic heterocycles. The summed E-state index contributed by atoms with van der Waals surface area (Å²) in [6.07, 6.45) is 4.86. The predicted molar refractivity (Wildman–Crippen MR) is 88.8 cm³/mol. The van der Waals surface area contributed by atoms with E-state index in [4.69, 9.17) is 5.73 Å². The number of fused-ring (bicyclic) bond motifs is 1. The van der Waals surface area contributed by atoms with Crippen molar-refractivity contribution < 1.29 is 4.79 Å². The lowest BCUT2D eigenvalue weighted by Gasteiger charge is -2.35. The van der Waals surface area contributed by atoms with E-state index >= 15 is 0 Å². The zero-order valence-corrected chi connectivity index (χ0v) is 13.4. The van der Waals surface area contributed by atoms with Crippen molar-refractivity contribution in [1.82, 2.24) is 9.27 Å². The maximum atomic E-state index is 12.5. The quantitative estimate of drug-likeness (QED) is 0.947. The van der Waals surface area contributed by atoms with Gasteiger partial charge in [-0.15, -0.1) is 0 Å². The molecule has 1 saturated carbocycles. The first kappa shape index (κ1) is 14.2. The monoisotopic (exact) mass is 315 g/mol. The molecule has 1 saturated heterocycles. The van der Waals surface area contributed by atoms with E-state index in [0.29, 0.717) is 12.3 Å². The summed E-state index contributed by atoms with van der Waals surface area (Å²) < 4.78 is 5.62. The van der Waals surface area contributed by atoms with Crippen LogP contribution in [0.2, 0.25) is 0 Å². The van der Waals surface area contributed by atoms with Crippen molar-refractivity contribution in [1.29, 1.82) is 0 Å². The Labute approximate surface area is 134 Å². The summed E-state index contributed by atoms with van der Waals surface area (Å²) in [5.41, 5.74) is 7.32. The highest BCUT2D eigenvalue weighted by Crippen LogP contribution is 2.44. The van der Waals surface area contributed by atoms with Crippen LogP contribution in [0.5, 0.6) is 0 Å². The predicted octanol–water partition coefficient (Wildman–Crippen LogP) is 2.57. The van der Waals surface area contributed by atoms with Gasteiger partial charge in [-0.1, -0.05) is 18.2 Å². The van der Waals surface area contributed by atoms with Gasteiger partial charge >= 0.3 is 0 Å². The Kier molecular flexibility index (Phi) is 3.42. The fourth-order valence-electron chi connectivity index (χ4n) is 3.58. The first-order valence-electron chi connectivity index (χ1n) is 8.06. The van der Waals surface area contributed by atoms with Crippen molar-refractivity contribution in [3.8, 4) is 0 Å². The van der Waals surface area contributed by atoms with Crippen LogP contribution in [0.15, 0.2) is 24.3 Å². The van der Waals surface area contributed by atoms with E-state index in [2.05, 4.69) is 16.5 Å². The van der Waals surface area contributed by atoms with E-state index < -0.39 is 0 Å². The Balaban J connectivity index is 1.40. The number of carbonyl (C=O) groups excluding carboxylic acids is 1. The second-order valence-electron chi connectivity index (χ2n) is 6.69. The van der Waals surface area contributed by atoms with E-state index in [9.17, 15) is 4.79 Å². The fourth-order valence-corrected chi connectivity index (χ4v) is 4.37. The molecule has 2 aromatic rings. The Morgan fingerprint density at radius 2 is 2.05 bits per heavy atom. The third kappa shape index (κ3) is 2.52. The first-order valence-corrected chi connectivity index (χ1v) is 8.83. The van der Waals surface area contributed by atoms with E-state index in [-0.39, 0.29) is 11.4 Å². The first-order chi connectivity index (χ1) is 10.7. The van der Waals surface area contributed by atoms with Crippen LogP contribution in [0, 0.1) is 5.92 Å². The fraction of sp³-hybridized carbons (Fsp3) is 0.529. The maximum absolute atomic E-state index is 12.5. The molecule has 0 bridgehead atoms. The lowest BCUT2D eigenvalue weighted by molar-refractivity contribution is -0.132. The number of nitrogens with two attached hydrogens (primary N) is 1. The molecule has 2 aliphatic rings. The third-order valence-corrected chi connectivity index (χ3v) is 6.12. The molecule has 0 spiro atoms. The van der Waals surface area contributed by atoms with Gasteiger partial charge < -0.3 is 10.6 Å². The molecule has 116 valence electrons. The van der Waals surface area contributed by atoms with E-state index in [1.165, 1.54) is 11.5 Å². The van der Waals surface area contributed by atoms with Gasteiger partial charge in [-0.3, -0.25) is 4.79 Å². The number of aromatic nitrogens is 1. The van der Waals surface area contributed by atoms with Crippen LogP contribution in [-0.2, 0) is 11.2 Å². The highest BCUT2D eigenvalue weighted by molar-refractivity contribution is 7.13. The van der Waals surface area contributed by atoms with Gasteiger partial charge in [0.25, 0.3) is 0 Å². The molecule has 0 radical (unpaired) electrons. The van der Waals surface area contributed by atoms with Crippen LogP contribution in [0.4, 0.5) is 0 Å². The van der Waals surface area contributed by atoms with E-state index in [1.54, 1.807) is 0 Å². The molecule has 2 heterocycles. The van der Waals surface area contributed by atoms with Crippen LogP contribution < -0.4 is 5.73 Å². The average Bonchev–Trinajstić information content (AvgIpc) is 3.18. The number of nitrogens with zero attached hydrogens (tertiary/aromatic N) is 2. The lowest BCUT2D eigenvalue weighted by atomic mass is 9.88. The van der Waals surface area contributed by atoms with Gasteiger partial charge in [-0.05, 0) is 49.2 Å². The maximum Gasteiger partial charge on any atom is 0.228 e. The summed E-state index contributed by atoms with van der Waals surface area (Å²) in [6, 6.07) is 8.13. The molecule has 1 aromatic carbocycles. The largest absolute Gasteiger partial charge is 0.342 e. The summed E-state index contributed by atoms with van der Waals surface area (Å²) in [5, 5.41) is 1.12. The molecule has 4 nitrogen and oxygen atoms in total. The molecule has 0 unspecified atom stereocenters. The zero-order valence-electron chi connectivity index (χ0n) is 12.6. The van der Waals surface area contributed by atoms with Gasteiger partial charge in [0, 0.05) is 24.0 Å². The lowest BCUT2D eigenvalue weighted by Crippen LogP contribution is -2.45. The van der Waals surface area contributed by atoms with Crippen molar-refractivity contribution in [3.63, 3.8) is 0 Å². The molecular formula is C17H21N3OS. The summed E-state index contributed by atoms with van der Waals surface area (Å²) >= 11 is 1.48. The topological polar surface area (TPSA) is 59.2 Å². The Morgan fingerprint density at radius 3 is 2.77 bits per heavy atom. The number of rotatable bonds is 3. The molecular weight excluding hydrogens is 294 g/mol. The zero-order chi connectivity index (χ0) is 15.2. The standard InChI is InChI=1S/C17H21N3OS/c18-17(7-8-17)12-5-9-20(10-6-12)16(21)11-14-13-3-1-2-4-15(13)22-19-14/h1-4,12H,5-11,18H2. The Hall–Kier alpha value is -1.46. The van der Waals surface area contributed by atoms with Crippen molar-refractivity contribution >= 4 is 27.5 Å². The third-order valence-electron chi connectivity index (χ3n) is 5.26. The minimum Gasteiger partial charge on any atom is -0.342 e. The second kappa shape index (κ2) is 5.32. The molecule has 1 aliphatic heterocycles. The van der Waals surface area contributed by atoms with Crippen LogP contribution in [0.25, 0.3) is 10.1 Å². The second-order valence-corrected chi connectivity index (χ2v) is 7.50. The summed E-state index contributed by atoms with van der Waals surface area (Å²) in [4.78, 5) is 14.5. The molecule has 1 aliphatic carbocycles. The molecule has 2 fully saturated rings. The van der Waals surface area contributed by atoms with Crippen molar-refractivity contribution in [2.24, 2.45) is 11.7 Å². The number of carbonyl (C=O) groups is 1. The Morgan fingerprint density at radius 1 is 1.32 bits per heavy atom. The van der Waals surface area contributed by atoms with Crippen LogP contribution in [-0.4, -0.2) is 33.8 Å². The van der Waals surface area contributed by atoms with Gasteiger partial charge in [0.1, 0.15) is 0 Å². The van der Waals surface area contributed by atoms with E-state index in [0.717, 1.165) is 54.6 Å². The molecule has 4 rings (SSSR count). The minimum atomic E-state index is 0.0975. The smallest absolute Gasteiger partial charge is 0.228 e. The highest BCUT2D eigenvalue weighted by Gasteiger charge is 2.46. The molecule has 2 N–H and O–H groups in total. The number of amides is 1. The number of likely N-dealkylation sites (tertiary alicyclic amines) is 1. The summed E-state index contributed by atoms with van der Waals surface area (Å²) in [5.74, 6) is 0.813. The number of hydrogen-bond donors (Lipinski definition) is 1.